The third-order valence-electron chi connectivity index (χ3n) is 4.94. The van der Waals surface area contributed by atoms with E-state index in [1.165, 1.54) is 28.6 Å². The summed E-state index contributed by atoms with van der Waals surface area (Å²) in [6.45, 7) is 8.60. The molecule has 2 rings (SSSR count). The average Bonchev–Trinajstić information content (AvgIpc) is 3.06. The highest BCUT2D eigenvalue weighted by Gasteiger charge is 2.25. The Morgan fingerprint density at radius 3 is 2.25 bits per heavy atom. The second kappa shape index (κ2) is 10.6. The number of carbonyl (C=O) groups excluding carboxylic acids is 3. The molecule has 2 aromatic rings. The zero-order chi connectivity index (χ0) is 24.1. The molecule has 1 N–H and O–H groups in total. The van der Waals surface area contributed by atoms with Gasteiger partial charge in [0.2, 0.25) is 15.8 Å². The predicted molar refractivity (Wildman–Crippen MR) is 117 cm³/mol. The second-order valence-electron chi connectivity index (χ2n) is 6.96. The molecule has 32 heavy (non-hydrogen) atoms. The van der Waals surface area contributed by atoms with Crippen LogP contribution in [-0.4, -0.2) is 61.7 Å². The number of carbonyl (C=O) groups is 3. The summed E-state index contributed by atoms with van der Waals surface area (Å²) in [5.74, 6) is -1.90. The lowest BCUT2D eigenvalue weighted by molar-refractivity contribution is 0.0472. The quantitative estimate of drug-likeness (QED) is 0.424. The maximum absolute atomic E-state index is 12.7. The van der Waals surface area contributed by atoms with Gasteiger partial charge in [-0.1, -0.05) is 19.9 Å². The van der Waals surface area contributed by atoms with Crippen LogP contribution in [0.2, 0.25) is 0 Å². The zero-order valence-corrected chi connectivity index (χ0v) is 19.7. The van der Waals surface area contributed by atoms with E-state index in [0.29, 0.717) is 24.3 Å². The van der Waals surface area contributed by atoms with Gasteiger partial charge in [-0.15, -0.1) is 0 Å². The minimum atomic E-state index is -3.74. The molecule has 10 heteroatoms. The Hall–Kier alpha value is -2.98. The number of benzene rings is 1. The number of hydrogen-bond donors (Lipinski definition) is 1. The van der Waals surface area contributed by atoms with Gasteiger partial charge in [-0.05, 0) is 44.5 Å². The van der Waals surface area contributed by atoms with E-state index < -0.39 is 34.4 Å². The van der Waals surface area contributed by atoms with Gasteiger partial charge in [0.15, 0.2) is 6.61 Å². The van der Waals surface area contributed by atoms with Gasteiger partial charge in [0, 0.05) is 18.8 Å². The molecule has 0 unspecified atom stereocenters. The molecule has 0 aliphatic rings. The molecule has 9 nitrogen and oxygen atoms in total. The van der Waals surface area contributed by atoms with Crippen LogP contribution < -0.4 is 0 Å². The lowest BCUT2D eigenvalue weighted by Gasteiger charge is -2.18. The Morgan fingerprint density at radius 1 is 1.00 bits per heavy atom. The number of nitrogens with one attached hydrogen (secondary N) is 1. The Bertz CT molecular complexity index is 1120. The van der Waals surface area contributed by atoms with Crippen molar-refractivity contribution < 1.29 is 32.3 Å². The molecule has 0 spiro atoms. The average molecular weight is 465 g/mol. The number of hydrogen-bond acceptors (Lipinski definition) is 7. The number of ketones is 1. The molecule has 0 radical (unpaired) electrons. The molecule has 0 atom stereocenters. The maximum atomic E-state index is 12.7. The van der Waals surface area contributed by atoms with E-state index in [1.807, 2.05) is 0 Å². The van der Waals surface area contributed by atoms with Crippen LogP contribution in [0.15, 0.2) is 29.2 Å². The smallest absolute Gasteiger partial charge is 0.340 e. The van der Waals surface area contributed by atoms with Crippen molar-refractivity contribution in [2.24, 2.45) is 0 Å². The fourth-order valence-corrected chi connectivity index (χ4v) is 4.83. The molecule has 0 amide bonds. The van der Waals surface area contributed by atoms with Gasteiger partial charge in [0.25, 0.3) is 0 Å². The summed E-state index contributed by atoms with van der Waals surface area (Å²) in [6.07, 6.45) is 0. The van der Waals surface area contributed by atoms with Crippen LogP contribution >= 0.6 is 0 Å². The van der Waals surface area contributed by atoms with Gasteiger partial charge in [-0.3, -0.25) is 4.79 Å². The first-order valence-corrected chi connectivity index (χ1v) is 11.7. The molecule has 0 bridgehead atoms. The van der Waals surface area contributed by atoms with E-state index in [2.05, 4.69) is 4.98 Å². The Balaban J connectivity index is 2.16. The van der Waals surface area contributed by atoms with Crippen LogP contribution in [0.5, 0.6) is 0 Å². The highest BCUT2D eigenvalue weighted by atomic mass is 32.2. The van der Waals surface area contributed by atoms with Crippen LogP contribution in [0.4, 0.5) is 0 Å². The summed E-state index contributed by atoms with van der Waals surface area (Å²) in [5.41, 5.74) is 1.32. The first-order chi connectivity index (χ1) is 15.1. The highest BCUT2D eigenvalue weighted by Crippen LogP contribution is 2.20. The number of H-pyrrole nitrogens is 1. The maximum Gasteiger partial charge on any atom is 0.340 e. The summed E-state index contributed by atoms with van der Waals surface area (Å²) in [7, 11) is -3.74. The molecule has 0 aliphatic carbocycles. The third kappa shape index (κ3) is 5.25. The zero-order valence-electron chi connectivity index (χ0n) is 18.9. The monoisotopic (exact) mass is 464 g/mol. The molecule has 0 saturated carbocycles. The summed E-state index contributed by atoms with van der Waals surface area (Å²) in [5, 5.41) is 0. The molecule has 0 aliphatic heterocycles. The van der Waals surface area contributed by atoms with Crippen LogP contribution in [-0.2, 0) is 19.5 Å². The number of rotatable bonds is 10. The van der Waals surface area contributed by atoms with E-state index in [9.17, 15) is 22.8 Å². The predicted octanol–water partition coefficient (Wildman–Crippen LogP) is 2.88. The van der Waals surface area contributed by atoms with Crippen LogP contribution in [0.3, 0.4) is 0 Å². The van der Waals surface area contributed by atoms with Crippen molar-refractivity contribution in [2.75, 3.05) is 26.3 Å². The topological polar surface area (TPSA) is 123 Å². The van der Waals surface area contributed by atoms with Crippen LogP contribution in [0, 0.1) is 13.8 Å². The number of nitrogens with zero attached hydrogens (tertiary/aromatic N) is 1. The highest BCUT2D eigenvalue weighted by molar-refractivity contribution is 7.89. The molecule has 1 aromatic carbocycles. The number of aryl methyl sites for hydroxylation is 1. The molecular formula is C22H28N2O7S. The van der Waals surface area contributed by atoms with Gasteiger partial charge in [-0.25, -0.2) is 18.0 Å². The van der Waals surface area contributed by atoms with E-state index in [-0.39, 0.29) is 28.3 Å². The van der Waals surface area contributed by atoms with Gasteiger partial charge in [0.05, 0.1) is 28.3 Å². The van der Waals surface area contributed by atoms with Crippen molar-refractivity contribution >= 4 is 27.7 Å². The molecule has 174 valence electrons. The van der Waals surface area contributed by atoms with Crippen molar-refractivity contribution in [3.8, 4) is 0 Å². The van der Waals surface area contributed by atoms with E-state index >= 15 is 0 Å². The first kappa shape index (κ1) is 25.3. The summed E-state index contributed by atoms with van der Waals surface area (Å²) >= 11 is 0. The van der Waals surface area contributed by atoms with Gasteiger partial charge in [-0.2, -0.15) is 4.31 Å². The lowest BCUT2D eigenvalue weighted by atomic mass is 10.1. The summed E-state index contributed by atoms with van der Waals surface area (Å²) in [4.78, 5) is 39.9. The second-order valence-corrected chi connectivity index (χ2v) is 8.90. The van der Waals surface area contributed by atoms with Gasteiger partial charge >= 0.3 is 11.9 Å². The third-order valence-corrected chi connectivity index (χ3v) is 6.99. The largest absolute Gasteiger partial charge is 0.462 e. The Labute approximate surface area is 187 Å². The van der Waals surface area contributed by atoms with Crippen molar-refractivity contribution in [2.45, 2.75) is 39.5 Å². The minimum Gasteiger partial charge on any atom is -0.462 e. The van der Waals surface area contributed by atoms with Gasteiger partial charge in [0.1, 0.15) is 0 Å². The Morgan fingerprint density at radius 2 is 1.66 bits per heavy atom. The summed E-state index contributed by atoms with van der Waals surface area (Å²) < 4.78 is 36.7. The van der Waals surface area contributed by atoms with Crippen LogP contribution in [0.25, 0.3) is 0 Å². The molecular weight excluding hydrogens is 436 g/mol. The van der Waals surface area contributed by atoms with E-state index in [0.717, 1.165) is 0 Å². The van der Waals surface area contributed by atoms with E-state index in [4.69, 9.17) is 9.47 Å². The SMILES string of the molecule is CCOC(=O)c1c(C)[nH]c(C(=O)COC(=O)c2cccc(S(=O)(=O)N(CC)CC)c2)c1C. The molecule has 0 saturated heterocycles. The van der Waals surface area contributed by atoms with Crippen molar-refractivity contribution in [3.63, 3.8) is 0 Å². The van der Waals surface area contributed by atoms with Gasteiger partial charge < -0.3 is 14.5 Å². The van der Waals surface area contributed by atoms with Crippen molar-refractivity contribution in [1.82, 2.24) is 9.29 Å². The molecule has 1 heterocycles. The Kier molecular flexibility index (Phi) is 8.34. The number of ether oxygens (including phenoxy) is 2. The fraction of sp³-hybridized carbons (Fsp3) is 0.409. The number of aromatic amines is 1. The first-order valence-electron chi connectivity index (χ1n) is 10.2. The fourth-order valence-electron chi connectivity index (χ4n) is 3.32. The molecule has 1 aromatic heterocycles. The van der Waals surface area contributed by atoms with Crippen molar-refractivity contribution in [3.05, 3.63) is 52.3 Å². The normalized spacial score (nSPS) is 11.4. The number of esters is 2. The van der Waals surface area contributed by atoms with E-state index in [1.54, 1.807) is 34.6 Å². The number of sulfonamides is 1. The minimum absolute atomic E-state index is 0.0117. The number of aromatic nitrogens is 1. The van der Waals surface area contributed by atoms with Crippen molar-refractivity contribution in [1.29, 1.82) is 0 Å². The summed E-state index contributed by atoms with van der Waals surface area (Å²) in [6, 6.07) is 5.48. The van der Waals surface area contributed by atoms with Crippen LogP contribution in [0.1, 0.15) is 63.2 Å². The standard InChI is InChI=1S/C22H28N2O7S/c1-6-24(7-2)32(28,29)17-11-9-10-16(12-17)21(26)31-13-18(25)20-14(4)19(15(5)23-20)22(27)30-8-3/h9-12,23H,6-8,13H2,1-5H3. The lowest BCUT2D eigenvalue weighted by Crippen LogP contribution is -2.30. The number of Topliss-reactive ketones (excluding diaryl/α,β-unsaturated/α-hetero) is 1. The molecule has 0 fully saturated rings.